The minimum Gasteiger partial charge on any atom is -0.386 e. The highest BCUT2D eigenvalue weighted by Crippen LogP contribution is 2.17. The molecule has 0 aromatic carbocycles. The minimum atomic E-state index is -1.07. The van der Waals surface area contributed by atoms with Crippen molar-refractivity contribution >= 4 is 11.8 Å². The van der Waals surface area contributed by atoms with Crippen LogP contribution in [0.15, 0.2) is 0 Å². The standard InChI is InChI=1S/C14H26N2O4/c1-4-12(17)16-7-5-6-11(8-16)13(18)15-9-14(2,19)10-20-3/h11,19H,4-10H2,1-3H3,(H,15,18)/t11-,14-/m0/s1. The molecule has 0 aromatic rings. The SMILES string of the molecule is CCC(=O)N1CCC[C@H](C(=O)NC[C@](C)(O)COC)C1. The fourth-order valence-electron chi connectivity index (χ4n) is 2.43. The summed E-state index contributed by atoms with van der Waals surface area (Å²) in [6.45, 7) is 4.97. The Morgan fingerprint density at radius 2 is 2.20 bits per heavy atom. The number of nitrogens with zero attached hydrogens (tertiary/aromatic N) is 1. The van der Waals surface area contributed by atoms with E-state index in [4.69, 9.17) is 4.74 Å². The van der Waals surface area contributed by atoms with Crippen molar-refractivity contribution < 1.29 is 19.4 Å². The van der Waals surface area contributed by atoms with Gasteiger partial charge < -0.3 is 20.1 Å². The lowest BCUT2D eigenvalue weighted by atomic mass is 9.96. The Morgan fingerprint density at radius 1 is 1.50 bits per heavy atom. The number of rotatable bonds is 6. The second-order valence-electron chi connectivity index (χ2n) is 5.68. The van der Waals surface area contributed by atoms with Crippen molar-refractivity contribution in [3.05, 3.63) is 0 Å². The lowest BCUT2D eigenvalue weighted by Crippen LogP contribution is -2.49. The van der Waals surface area contributed by atoms with E-state index < -0.39 is 5.60 Å². The quantitative estimate of drug-likeness (QED) is 0.728. The second kappa shape index (κ2) is 7.59. The Bertz CT molecular complexity index is 344. The molecule has 1 fully saturated rings. The summed E-state index contributed by atoms with van der Waals surface area (Å²) in [6.07, 6.45) is 2.10. The van der Waals surface area contributed by atoms with Gasteiger partial charge in [0, 0.05) is 33.2 Å². The monoisotopic (exact) mass is 286 g/mol. The third-order valence-corrected chi connectivity index (χ3v) is 3.55. The largest absolute Gasteiger partial charge is 0.386 e. The van der Waals surface area contributed by atoms with Crippen LogP contribution >= 0.6 is 0 Å². The van der Waals surface area contributed by atoms with Crippen molar-refractivity contribution in [2.24, 2.45) is 5.92 Å². The van der Waals surface area contributed by atoms with Crippen molar-refractivity contribution in [2.45, 2.75) is 38.7 Å². The van der Waals surface area contributed by atoms with E-state index in [1.165, 1.54) is 7.11 Å². The van der Waals surface area contributed by atoms with Crippen LogP contribution in [0.3, 0.4) is 0 Å². The van der Waals surface area contributed by atoms with Gasteiger partial charge in [-0.2, -0.15) is 0 Å². The maximum Gasteiger partial charge on any atom is 0.225 e. The highest BCUT2D eigenvalue weighted by molar-refractivity contribution is 5.81. The van der Waals surface area contributed by atoms with Gasteiger partial charge >= 0.3 is 0 Å². The Labute approximate surface area is 120 Å². The van der Waals surface area contributed by atoms with E-state index in [-0.39, 0.29) is 30.9 Å². The summed E-state index contributed by atoms with van der Waals surface area (Å²) in [6, 6.07) is 0. The van der Waals surface area contributed by atoms with E-state index in [1.54, 1.807) is 11.8 Å². The van der Waals surface area contributed by atoms with Gasteiger partial charge in [-0.05, 0) is 19.8 Å². The number of carbonyl (C=O) groups excluding carboxylic acids is 2. The van der Waals surface area contributed by atoms with Gasteiger partial charge in [0.15, 0.2) is 0 Å². The average Bonchev–Trinajstić information content (AvgIpc) is 2.44. The molecule has 0 aromatic heterocycles. The summed E-state index contributed by atoms with van der Waals surface area (Å²) >= 11 is 0. The van der Waals surface area contributed by atoms with Crippen molar-refractivity contribution in [2.75, 3.05) is 33.4 Å². The lowest BCUT2D eigenvalue weighted by Gasteiger charge is -2.32. The summed E-state index contributed by atoms with van der Waals surface area (Å²) in [4.78, 5) is 25.5. The van der Waals surface area contributed by atoms with Crippen LogP contribution in [0.2, 0.25) is 0 Å². The first kappa shape index (κ1) is 16.9. The smallest absolute Gasteiger partial charge is 0.225 e. The highest BCUT2D eigenvalue weighted by Gasteiger charge is 2.29. The Balaban J connectivity index is 2.45. The first-order chi connectivity index (χ1) is 9.39. The normalized spacial score (nSPS) is 22.2. The molecule has 2 atom stereocenters. The molecular formula is C14H26N2O4. The predicted molar refractivity (Wildman–Crippen MR) is 75.1 cm³/mol. The average molecular weight is 286 g/mol. The van der Waals surface area contributed by atoms with E-state index in [1.807, 2.05) is 6.92 Å². The molecule has 2 amide bonds. The molecule has 0 bridgehead atoms. The van der Waals surface area contributed by atoms with E-state index in [0.29, 0.717) is 13.0 Å². The van der Waals surface area contributed by atoms with E-state index in [2.05, 4.69) is 5.32 Å². The van der Waals surface area contributed by atoms with E-state index in [0.717, 1.165) is 19.4 Å². The fourth-order valence-corrected chi connectivity index (χ4v) is 2.43. The molecule has 1 aliphatic rings. The number of nitrogens with one attached hydrogen (secondary N) is 1. The number of methoxy groups -OCH3 is 1. The molecule has 0 saturated carbocycles. The summed E-state index contributed by atoms with van der Waals surface area (Å²) in [7, 11) is 1.51. The Morgan fingerprint density at radius 3 is 2.80 bits per heavy atom. The summed E-state index contributed by atoms with van der Waals surface area (Å²) < 4.78 is 4.89. The van der Waals surface area contributed by atoms with Gasteiger partial charge in [0.05, 0.1) is 12.5 Å². The molecule has 1 heterocycles. The van der Waals surface area contributed by atoms with E-state index >= 15 is 0 Å². The number of carbonyl (C=O) groups is 2. The highest BCUT2D eigenvalue weighted by atomic mass is 16.5. The number of amides is 2. The molecule has 6 nitrogen and oxygen atoms in total. The first-order valence-electron chi connectivity index (χ1n) is 7.16. The van der Waals surface area contributed by atoms with Gasteiger partial charge in [0.25, 0.3) is 0 Å². The molecule has 0 aliphatic carbocycles. The molecule has 0 unspecified atom stereocenters. The van der Waals surface area contributed by atoms with Crippen LogP contribution in [0.25, 0.3) is 0 Å². The van der Waals surface area contributed by atoms with Crippen molar-refractivity contribution in [1.82, 2.24) is 10.2 Å². The summed E-state index contributed by atoms with van der Waals surface area (Å²) in [5.74, 6) is -0.193. The molecule has 1 rings (SSSR count). The number of aliphatic hydroxyl groups is 1. The number of hydrogen-bond donors (Lipinski definition) is 2. The molecule has 1 saturated heterocycles. The van der Waals surface area contributed by atoms with Gasteiger partial charge in [-0.1, -0.05) is 6.92 Å². The van der Waals surface area contributed by atoms with Crippen LogP contribution in [0.5, 0.6) is 0 Å². The van der Waals surface area contributed by atoms with Crippen LogP contribution < -0.4 is 5.32 Å². The number of hydrogen-bond acceptors (Lipinski definition) is 4. The van der Waals surface area contributed by atoms with Gasteiger partial charge in [-0.15, -0.1) is 0 Å². The van der Waals surface area contributed by atoms with Crippen LogP contribution in [0, 0.1) is 5.92 Å². The third kappa shape index (κ3) is 5.09. The lowest BCUT2D eigenvalue weighted by molar-refractivity contribution is -0.136. The molecule has 0 spiro atoms. The molecule has 20 heavy (non-hydrogen) atoms. The minimum absolute atomic E-state index is 0.0916. The van der Waals surface area contributed by atoms with Crippen molar-refractivity contribution in [3.8, 4) is 0 Å². The summed E-state index contributed by atoms with van der Waals surface area (Å²) in [5.41, 5.74) is -1.07. The molecule has 2 N–H and O–H groups in total. The van der Waals surface area contributed by atoms with Crippen molar-refractivity contribution in [3.63, 3.8) is 0 Å². The molecule has 1 aliphatic heterocycles. The van der Waals surface area contributed by atoms with Gasteiger partial charge in [-0.3, -0.25) is 9.59 Å². The van der Waals surface area contributed by atoms with Gasteiger partial charge in [0.2, 0.25) is 11.8 Å². The Hall–Kier alpha value is -1.14. The maximum atomic E-state index is 12.1. The summed E-state index contributed by atoms with van der Waals surface area (Å²) in [5, 5.41) is 12.7. The van der Waals surface area contributed by atoms with Gasteiger partial charge in [0.1, 0.15) is 5.60 Å². The fraction of sp³-hybridized carbons (Fsp3) is 0.857. The number of piperidine rings is 1. The van der Waals surface area contributed by atoms with Crippen LogP contribution in [-0.4, -0.2) is 60.8 Å². The zero-order valence-electron chi connectivity index (χ0n) is 12.6. The zero-order valence-corrected chi connectivity index (χ0v) is 12.6. The molecule has 116 valence electrons. The topological polar surface area (TPSA) is 78.9 Å². The molecular weight excluding hydrogens is 260 g/mol. The molecule has 6 heteroatoms. The zero-order chi connectivity index (χ0) is 15.2. The Kier molecular flexibility index (Phi) is 6.42. The van der Waals surface area contributed by atoms with Crippen LogP contribution in [0.1, 0.15) is 33.1 Å². The van der Waals surface area contributed by atoms with Crippen molar-refractivity contribution in [1.29, 1.82) is 0 Å². The number of ether oxygens (including phenoxy) is 1. The number of likely N-dealkylation sites (tertiary alicyclic amines) is 1. The van der Waals surface area contributed by atoms with Gasteiger partial charge in [-0.25, -0.2) is 0 Å². The first-order valence-corrected chi connectivity index (χ1v) is 7.16. The van der Waals surface area contributed by atoms with Crippen LogP contribution in [0.4, 0.5) is 0 Å². The third-order valence-electron chi connectivity index (χ3n) is 3.55. The van der Waals surface area contributed by atoms with E-state index in [9.17, 15) is 14.7 Å². The maximum absolute atomic E-state index is 12.1. The second-order valence-corrected chi connectivity index (χ2v) is 5.68. The molecule has 0 radical (unpaired) electrons. The predicted octanol–water partition coefficient (Wildman–Crippen LogP) is 0.149. The van der Waals surface area contributed by atoms with Crippen LogP contribution in [-0.2, 0) is 14.3 Å².